The summed E-state index contributed by atoms with van der Waals surface area (Å²) in [4.78, 5) is 32.3. The van der Waals surface area contributed by atoms with Crippen molar-refractivity contribution >= 4 is 29.3 Å². The van der Waals surface area contributed by atoms with E-state index < -0.39 is 29.7 Å². The molecule has 28 heavy (non-hydrogen) atoms. The van der Waals surface area contributed by atoms with Crippen molar-refractivity contribution < 1.29 is 27.5 Å². The second kappa shape index (κ2) is 9.05. The third-order valence-electron chi connectivity index (χ3n) is 3.42. The number of alkyl halides is 3. The Bertz CT molecular complexity index is 854. The number of hydrogen-bond acceptors (Lipinski definition) is 6. The molecule has 0 radical (unpaired) electrons. The molecule has 1 aromatic carbocycles. The molecule has 10 heteroatoms. The van der Waals surface area contributed by atoms with Crippen LogP contribution in [0.1, 0.15) is 23.9 Å². The van der Waals surface area contributed by atoms with Gasteiger partial charge in [0.25, 0.3) is 5.91 Å². The van der Waals surface area contributed by atoms with Crippen molar-refractivity contribution in [3.8, 4) is 0 Å². The molecule has 0 bridgehead atoms. The molecule has 1 heterocycles. The minimum absolute atomic E-state index is 0.0410. The fourth-order valence-electron chi connectivity index (χ4n) is 2.18. The summed E-state index contributed by atoms with van der Waals surface area (Å²) in [6.45, 7) is 4.94. The van der Waals surface area contributed by atoms with Crippen molar-refractivity contribution in [2.75, 3.05) is 11.1 Å². The van der Waals surface area contributed by atoms with Gasteiger partial charge in [-0.15, -0.1) is 0 Å². The zero-order valence-electron chi connectivity index (χ0n) is 15.3. The Hall–Kier alpha value is -2.62. The van der Waals surface area contributed by atoms with Crippen molar-refractivity contribution in [1.29, 1.82) is 0 Å². The van der Waals surface area contributed by atoms with E-state index in [2.05, 4.69) is 15.3 Å². The van der Waals surface area contributed by atoms with Gasteiger partial charge in [0.05, 0.1) is 11.3 Å². The summed E-state index contributed by atoms with van der Waals surface area (Å²) in [6.07, 6.45) is -5.70. The van der Waals surface area contributed by atoms with E-state index in [0.717, 1.165) is 35.3 Å². The van der Waals surface area contributed by atoms with Gasteiger partial charge in [-0.3, -0.25) is 9.59 Å². The maximum Gasteiger partial charge on any atom is 0.416 e. The number of aromatic nitrogens is 2. The number of thioether (sulfide) groups is 1. The molecule has 6 nitrogen and oxygen atoms in total. The summed E-state index contributed by atoms with van der Waals surface area (Å²) >= 11 is 1.07. The van der Waals surface area contributed by atoms with Crippen LogP contribution in [0.3, 0.4) is 0 Å². The number of hydrogen-bond donors (Lipinski definition) is 1. The number of esters is 1. The van der Waals surface area contributed by atoms with Crippen LogP contribution in [0.25, 0.3) is 0 Å². The smallest absolute Gasteiger partial charge is 0.416 e. The van der Waals surface area contributed by atoms with E-state index in [1.807, 2.05) is 0 Å². The number of carbonyl (C=O) groups is 2. The van der Waals surface area contributed by atoms with Crippen LogP contribution in [0.4, 0.5) is 18.9 Å². The number of carbonyl (C=O) groups excluding carboxylic acids is 2. The molecule has 1 aromatic heterocycles. The first kappa shape index (κ1) is 21.7. The highest BCUT2D eigenvalue weighted by Crippen LogP contribution is 2.30. The van der Waals surface area contributed by atoms with Gasteiger partial charge in [-0.25, -0.2) is 9.97 Å². The Morgan fingerprint density at radius 3 is 2.43 bits per heavy atom. The molecule has 1 atom stereocenters. The van der Waals surface area contributed by atoms with E-state index >= 15 is 0 Å². The number of nitrogens with one attached hydrogen (secondary N) is 1. The predicted octanol–water partition coefficient (Wildman–Crippen LogP) is 3.77. The summed E-state index contributed by atoms with van der Waals surface area (Å²) in [7, 11) is 0. The number of rotatable bonds is 6. The van der Waals surface area contributed by atoms with Crippen LogP contribution in [0.2, 0.25) is 0 Å². The number of benzene rings is 1. The first-order valence-electron chi connectivity index (χ1n) is 8.17. The van der Waals surface area contributed by atoms with Crippen LogP contribution in [0.15, 0.2) is 35.5 Å². The fraction of sp³-hybridized carbons (Fsp3) is 0.333. The molecule has 0 saturated heterocycles. The Balaban J connectivity index is 1.88. The van der Waals surface area contributed by atoms with Gasteiger partial charge in [0.1, 0.15) is 0 Å². The molecule has 0 saturated carbocycles. The maximum absolute atomic E-state index is 12.7. The summed E-state index contributed by atoms with van der Waals surface area (Å²) in [5.41, 5.74) is 0.593. The molecule has 150 valence electrons. The second-order valence-corrected chi connectivity index (χ2v) is 6.86. The average Bonchev–Trinajstić information content (AvgIpc) is 2.58. The summed E-state index contributed by atoms with van der Waals surface area (Å²) < 4.78 is 43.2. The van der Waals surface area contributed by atoms with Crippen molar-refractivity contribution in [1.82, 2.24) is 9.97 Å². The van der Waals surface area contributed by atoms with E-state index in [9.17, 15) is 22.8 Å². The molecule has 0 aliphatic heterocycles. The SMILES string of the molecule is Cc1cc(C)nc(SCC(=O)O[C@@H](C)C(=O)Nc2cccc(C(F)(F)F)c2)n1. The van der Waals surface area contributed by atoms with Gasteiger partial charge in [0.15, 0.2) is 11.3 Å². The van der Waals surface area contributed by atoms with Crippen molar-refractivity contribution in [3.05, 3.63) is 47.3 Å². The van der Waals surface area contributed by atoms with Gasteiger partial charge in [0.2, 0.25) is 0 Å². The Kier molecular flexibility index (Phi) is 7.00. The largest absolute Gasteiger partial charge is 0.452 e. The van der Waals surface area contributed by atoms with E-state index in [0.29, 0.717) is 5.16 Å². The molecular formula is C18H18F3N3O3S. The van der Waals surface area contributed by atoms with Crippen LogP contribution in [-0.2, 0) is 20.5 Å². The molecule has 2 aromatic rings. The maximum atomic E-state index is 12.7. The summed E-state index contributed by atoms with van der Waals surface area (Å²) in [5.74, 6) is -1.51. The minimum Gasteiger partial charge on any atom is -0.452 e. The van der Waals surface area contributed by atoms with Crippen LogP contribution in [0, 0.1) is 13.8 Å². The number of amides is 1. The highest BCUT2D eigenvalue weighted by Gasteiger charge is 2.30. The first-order chi connectivity index (χ1) is 13.0. The lowest BCUT2D eigenvalue weighted by atomic mass is 10.2. The minimum atomic E-state index is -4.52. The van der Waals surface area contributed by atoms with Gasteiger partial charge in [-0.05, 0) is 45.0 Å². The van der Waals surface area contributed by atoms with Gasteiger partial charge in [0, 0.05) is 17.1 Å². The number of nitrogens with zero attached hydrogens (tertiary/aromatic N) is 2. The van der Waals surface area contributed by atoms with Gasteiger partial charge in [-0.2, -0.15) is 13.2 Å². The van der Waals surface area contributed by atoms with Crippen LogP contribution in [0.5, 0.6) is 0 Å². The monoisotopic (exact) mass is 413 g/mol. The van der Waals surface area contributed by atoms with Gasteiger partial charge in [-0.1, -0.05) is 17.8 Å². The number of halogens is 3. The summed E-state index contributed by atoms with van der Waals surface area (Å²) in [5, 5.41) is 2.71. The third-order valence-corrected chi connectivity index (χ3v) is 4.24. The highest BCUT2D eigenvalue weighted by atomic mass is 32.2. The number of anilines is 1. The van der Waals surface area contributed by atoms with Gasteiger partial charge >= 0.3 is 12.1 Å². The van der Waals surface area contributed by atoms with Crippen molar-refractivity contribution in [2.24, 2.45) is 0 Å². The third kappa shape index (κ3) is 6.52. The number of aryl methyl sites for hydroxylation is 2. The summed E-state index contributed by atoms with van der Waals surface area (Å²) in [6, 6.07) is 5.98. The van der Waals surface area contributed by atoms with E-state index in [1.165, 1.54) is 19.1 Å². The van der Waals surface area contributed by atoms with E-state index in [4.69, 9.17) is 4.74 Å². The lowest BCUT2D eigenvalue weighted by Crippen LogP contribution is -2.30. The lowest BCUT2D eigenvalue weighted by molar-refractivity contribution is -0.150. The molecule has 0 spiro atoms. The lowest BCUT2D eigenvalue weighted by Gasteiger charge is -2.14. The molecule has 2 rings (SSSR count). The van der Waals surface area contributed by atoms with Gasteiger partial charge < -0.3 is 10.1 Å². The predicted molar refractivity (Wildman–Crippen MR) is 97.9 cm³/mol. The standard InChI is InChI=1S/C18H18F3N3O3S/c1-10-7-11(2)23-17(22-10)28-9-15(25)27-12(3)16(26)24-14-6-4-5-13(8-14)18(19,20)21/h4-8,12H,9H2,1-3H3,(H,24,26)/t12-/m0/s1. The van der Waals surface area contributed by atoms with E-state index in [1.54, 1.807) is 19.9 Å². The average molecular weight is 413 g/mol. The molecule has 1 N–H and O–H groups in total. The van der Waals surface area contributed by atoms with Crippen molar-refractivity contribution in [2.45, 2.75) is 38.2 Å². The first-order valence-corrected chi connectivity index (χ1v) is 9.16. The Morgan fingerprint density at radius 1 is 1.18 bits per heavy atom. The molecule has 0 fully saturated rings. The normalized spacial score (nSPS) is 12.4. The second-order valence-electron chi connectivity index (χ2n) is 5.92. The fourth-order valence-corrected chi connectivity index (χ4v) is 2.92. The Morgan fingerprint density at radius 2 is 1.82 bits per heavy atom. The Labute approximate surface area is 163 Å². The van der Waals surface area contributed by atoms with E-state index in [-0.39, 0.29) is 11.4 Å². The van der Waals surface area contributed by atoms with Crippen LogP contribution in [-0.4, -0.2) is 33.7 Å². The zero-order chi connectivity index (χ0) is 20.9. The molecule has 0 aliphatic rings. The quantitative estimate of drug-likeness (QED) is 0.441. The van der Waals surface area contributed by atoms with Crippen LogP contribution < -0.4 is 5.32 Å². The van der Waals surface area contributed by atoms with Crippen LogP contribution >= 0.6 is 11.8 Å². The topological polar surface area (TPSA) is 81.2 Å². The molecule has 0 unspecified atom stereocenters. The number of ether oxygens (including phenoxy) is 1. The molecule has 0 aliphatic carbocycles. The van der Waals surface area contributed by atoms with Crippen molar-refractivity contribution in [3.63, 3.8) is 0 Å². The highest BCUT2D eigenvalue weighted by molar-refractivity contribution is 7.99. The molecule has 1 amide bonds. The molecular weight excluding hydrogens is 395 g/mol. The zero-order valence-corrected chi connectivity index (χ0v) is 16.1.